The highest BCUT2D eigenvalue weighted by Crippen LogP contribution is 2.22. The van der Waals surface area contributed by atoms with Gasteiger partial charge in [-0.1, -0.05) is 18.2 Å². The average molecular weight is 338 g/mol. The summed E-state index contributed by atoms with van der Waals surface area (Å²) in [5, 5.41) is 11.1. The number of nitrogens with zero attached hydrogens (tertiary/aromatic N) is 4. The number of aryl methyl sites for hydroxylation is 2. The van der Waals surface area contributed by atoms with E-state index in [1.807, 2.05) is 54.8 Å². The molecule has 2 aromatic heterocycles. The summed E-state index contributed by atoms with van der Waals surface area (Å²) in [5.74, 6) is 0.0825. The van der Waals surface area contributed by atoms with E-state index in [1.165, 1.54) is 10.8 Å². The van der Waals surface area contributed by atoms with Crippen LogP contribution in [0.2, 0.25) is 0 Å². The number of ketones is 1. The Morgan fingerprint density at radius 3 is 2.52 bits per heavy atom. The molecule has 0 aliphatic rings. The second kappa shape index (κ2) is 6.35. The van der Waals surface area contributed by atoms with E-state index in [-0.39, 0.29) is 18.1 Å². The summed E-state index contributed by atoms with van der Waals surface area (Å²) in [5.41, 5.74) is 3.28. The molecule has 0 unspecified atom stereocenters. The normalized spacial score (nSPS) is 10.8. The maximum Gasteiger partial charge on any atom is 0.343 e. The first-order valence-corrected chi connectivity index (χ1v) is 7.84. The van der Waals surface area contributed by atoms with Crippen LogP contribution in [0.1, 0.15) is 27.6 Å². The summed E-state index contributed by atoms with van der Waals surface area (Å²) in [6.07, 6.45) is 1.18. The predicted molar refractivity (Wildman–Crippen MR) is 93.2 cm³/mol. The number of nitro groups is 1. The molecule has 25 heavy (non-hydrogen) atoms. The molecular formula is C18H18N4O3. The van der Waals surface area contributed by atoms with Crippen molar-refractivity contribution in [2.75, 3.05) is 0 Å². The number of aromatic nitrogens is 3. The summed E-state index contributed by atoms with van der Waals surface area (Å²) in [6, 6.07) is 11.6. The molecule has 0 atom stereocenters. The van der Waals surface area contributed by atoms with Gasteiger partial charge in [0, 0.05) is 29.6 Å². The molecule has 0 aliphatic heterocycles. The van der Waals surface area contributed by atoms with Crippen LogP contribution in [-0.2, 0) is 6.54 Å². The van der Waals surface area contributed by atoms with Crippen LogP contribution in [0.5, 0.6) is 0 Å². The minimum absolute atomic E-state index is 0.110. The van der Waals surface area contributed by atoms with Crippen molar-refractivity contribution in [2.45, 2.75) is 27.3 Å². The van der Waals surface area contributed by atoms with Crippen molar-refractivity contribution < 1.29 is 9.72 Å². The zero-order valence-corrected chi connectivity index (χ0v) is 14.3. The first kappa shape index (κ1) is 16.6. The van der Waals surface area contributed by atoms with Crippen molar-refractivity contribution in [3.05, 3.63) is 75.5 Å². The molecule has 0 N–H and O–H groups in total. The molecule has 7 heteroatoms. The quantitative estimate of drug-likeness (QED) is 0.405. The maximum atomic E-state index is 12.8. The van der Waals surface area contributed by atoms with Gasteiger partial charge < -0.3 is 14.7 Å². The van der Waals surface area contributed by atoms with E-state index in [2.05, 4.69) is 4.98 Å². The molecule has 1 aromatic carbocycles. The second-order valence-electron chi connectivity index (χ2n) is 5.89. The Morgan fingerprint density at radius 2 is 1.88 bits per heavy atom. The highest BCUT2D eigenvalue weighted by atomic mass is 16.6. The number of hydrogen-bond donors (Lipinski definition) is 0. The van der Waals surface area contributed by atoms with Crippen molar-refractivity contribution in [3.63, 3.8) is 0 Å². The largest absolute Gasteiger partial charge is 0.358 e. The van der Waals surface area contributed by atoms with E-state index >= 15 is 0 Å². The SMILES string of the molecule is Cc1ncc([N+](=O)[O-])n1CC(=O)c1cc(C)n(-c2ccccc2)c1C. The van der Waals surface area contributed by atoms with Gasteiger partial charge in [0.25, 0.3) is 0 Å². The highest BCUT2D eigenvalue weighted by molar-refractivity contribution is 5.97. The lowest BCUT2D eigenvalue weighted by Crippen LogP contribution is -2.14. The Morgan fingerprint density at radius 1 is 1.20 bits per heavy atom. The third-order valence-corrected chi connectivity index (χ3v) is 4.27. The van der Waals surface area contributed by atoms with Gasteiger partial charge in [-0.25, -0.2) is 9.55 Å². The number of benzene rings is 1. The molecule has 0 fully saturated rings. The third-order valence-electron chi connectivity index (χ3n) is 4.27. The molecule has 0 bridgehead atoms. The van der Waals surface area contributed by atoms with E-state index in [1.54, 1.807) is 6.92 Å². The topological polar surface area (TPSA) is 83.0 Å². The number of imidazole rings is 1. The molecule has 2 heterocycles. The van der Waals surface area contributed by atoms with E-state index < -0.39 is 4.92 Å². The Labute approximate surface area is 144 Å². The van der Waals surface area contributed by atoms with Crippen LogP contribution in [-0.4, -0.2) is 24.8 Å². The Bertz CT molecular complexity index is 954. The Kier molecular flexibility index (Phi) is 4.22. The second-order valence-corrected chi connectivity index (χ2v) is 5.89. The van der Waals surface area contributed by atoms with Crippen LogP contribution in [0, 0.1) is 30.9 Å². The average Bonchev–Trinajstić information content (AvgIpc) is 3.08. The highest BCUT2D eigenvalue weighted by Gasteiger charge is 2.23. The van der Waals surface area contributed by atoms with Gasteiger partial charge in [0.1, 0.15) is 6.20 Å². The van der Waals surface area contributed by atoms with Crippen molar-refractivity contribution in [1.29, 1.82) is 0 Å². The van der Waals surface area contributed by atoms with Crippen LogP contribution >= 0.6 is 0 Å². The molecule has 128 valence electrons. The molecule has 3 aromatic rings. The number of Topliss-reactive ketones (excluding diaryl/α,β-unsaturated/α-hetero) is 1. The van der Waals surface area contributed by atoms with Gasteiger partial charge in [-0.2, -0.15) is 0 Å². The van der Waals surface area contributed by atoms with Gasteiger partial charge in [0.05, 0.1) is 0 Å². The minimum Gasteiger partial charge on any atom is -0.358 e. The summed E-state index contributed by atoms with van der Waals surface area (Å²) < 4.78 is 3.33. The van der Waals surface area contributed by atoms with Gasteiger partial charge in [-0.15, -0.1) is 0 Å². The summed E-state index contributed by atoms with van der Waals surface area (Å²) in [7, 11) is 0. The summed E-state index contributed by atoms with van der Waals surface area (Å²) >= 11 is 0. The molecular weight excluding hydrogens is 320 g/mol. The van der Waals surface area contributed by atoms with Gasteiger partial charge in [0.2, 0.25) is 5.78 Å². The fourth-order valence-corrected chi connectivity index (χ4v) is 3.05. The lowest BCUT2D eigenvalue weighted by Gasteiger charge is -2.09. The predicted octanol–water partition coefficient (Wildman–Crippen LogP) is 3.39. The molecule has 0 saturated carbocycles. The van der Waals surface area contributed by atoms with Gasteiger partial charge in [-0.3, -0.25) is 4.79 Å². The lowest BCUT2D eigenvalue weighted by atomic mass is 10.1. The zero-order chi connectivity index (χ0) is 18.1. The molecule has 7 nitrogen and oxygen atoms in total. The van der Waals surface area contributed by atoms with Crippen molar-refractivity contribution in [1.82, 2.24) is 14.1 Å². The zero-order valence-electron chi connectivity index (χ0n) is 14.3. The maximum absolute atomic E-state index is 12.8. The third kappa shape index (κ3) is 2.96. The van der Waals surface area contributed by atoms with Crippen molar-refractivity contribution in [3.8, 4) is 5.69 Å². The van der Waals surface area contributed by atoms with Crippen LogP contribution in [0.15, 0.2) is 42.6 Å². The van der Waals surface area contributed by atoms with Gasteiger partial charge >= 0.3 is 5.82 Å². The standard InChI is InChI=1S/C18H18N4O3/c1-12-9-16(13(2)21(12)15-7-5-4-6-8-15)17(23)11-20-14(3)19-10-18(20)22(24)25/h4-10H,11H2,1-3H3. The molecule has 0 aliphatic carbocycles. The van der Waals surface area contributed by atoms with Gasteiger partial charge in [0.15, 0.2) is 12.4 Å². The fraction of sp³-hybridized carbons (Fsp3) is 0.222. The first-order chi connectivity index (χ1) is 11.9. The Balaban J connectivity index is 1.97. The van der Waals surface area contributed by atoms with Crippen molar-refractivity contribution in [2.24, 2.45) is 0 Å². The van der Waals surface area contributed by atoms with Crippen LogP contribution in [0.25, 0.3) is 5.69 Å². The molecule has 0 amide bonds. The van der Waals surface area contributed by atoms with E-state index in [9.17, 15) is 14.9 Å². The smallest absolute Gasteiger partial charge is 0.343 e. The summed E-state index contributed by atoms with van der Waals surface area (Å²) in [6.45, 7) is 5.35. The van der Waals surface area contributed by atoms with E-state index in [0.29, 0.717) is 11.4 Å². The number of hydrogen-bond acceptors (Lipinski definition) is 4. The van der Waals surface area contributed by atoms with E-state index in [0.717, 1.165) is 17.1 Å². The van der Waals surface area contributed by atoms with Crippen molar-refractivity contribution >= 4 is 11.6 Å². The van der Waals surface area contributed by atoms with E-state index in [4.69, 9.17) is 0 Å². The van der Waals surface area contributed by atoms with Gasteiger partial charge in [-0.05, 0) is 37.0 Å². The lowest BCUT2D eigenvalue weighted by molar-refractivity contribution is -0.392. The van der Waals surface area contributed by atoms with Crippen LogP contribution in [0.3, 0.4) is 0 Å². The Hall–Kier alpha value is -3.22. The molecule has 0 radical (unpaired) electrons. The van der Waals surface area contributed by atoms with Crippen LogP contribution < -0.4 is 0 Å². The number of carbonyl (C=O) groups excluding carboxylic acids is 1. The molecule has 3 rings (SSSR count). The first-order valence-electron chi connectivity index (χ1n) is 7.84. The number of para-hydroxylation sites is 1. The minimum atomic E-state index is -0.527. The number of rotatable bonds is 5. The monoisotopic (exact) mass is 338 g/mol. The fourth-order valence-electron chi connectivity index (χ4n) is 3.05. The number of carbonyl (C=O) groups is 1. The van der Waals surface area contributed by atoms with Crippen LogP contribution in [0.4, 0.5) is 5.82 Å². The molecule has 0 spiro atoms. The molecule has 0 saturated heterocycles. The summed E-state index contributed by atoms with van der Waals surface area (Å²) in [4.78, 5) is 27.3.